The van der Waals surface area contributed by atoms with Crippen LogP contribution in [0, 0.1) is 21.4 Å². The van der Waals surface area contributed by atoms with Gasteiger partial charge in [-0.15, -0.1) is 0 Å². The molecule has 1 aromatic carbocycles. The topological polar surface area (TPSA) is 83.1 Å². The first-order chi connectivity index (χ1) is 10.7. The van der Waals surface area contributed by atoms with E-state index in [9.17, 15) is 10.1 Å². The van der Waals surface area contributed by atoms with Crippen molar-refractivity contribution in [2.24, 2.45) is 0 Å². The first-order valence-corrected chi connectivity index (χ1v) is 7.04. The van der Waals surface area contributed by atoms with Crippen molar-refractivity contribution in [3.05, 3.63) is 64.0 Å². The van der Waals surface area contributed by atoms with E-state index in [0.29, 0.717) is 23.8 Å². The SMILES string of the molecule is N#Cc1ccc(N(Cc2ccccn2)C2CC2)c([N+](=O)[O-])c1. The molecule has 110 valence electrons. The van der Waals surface area contributed by atoms with Crippen LogP contribution in [-0.4, -0.2) is 15.9 Å². The second kappa shape index (κ2) is 5.82. The maximum atomic E-state index is 11.3. The number of nitrogens with zero attached hydrogens (tertiary/aromatic N) is 4. The van der Waals surface area contributed by atoms with E-state index in [4.69, 9.17) is 5.26 Å². The summed E-state index contributed by atoms with van der Waals surface area (Å²) in [6.45, 7) is 0.526. The zero-order valence-electron chi connectivity index (χ0n) is 11.8. The van der Waals surface area contributed by atoms with Gasteiger partial charge in [0.25, 0.3) is 5.69 Å². The van der Waals surface area contributed by atoms with Gasteiger partial charge in [0, 0.05) is 18.3 Å². The molecular formula is C16H14N4O2. The normalized spacial score (nSPS) is 13.4. The highest BCUT2D eigenvalue weighted by atomic mass is 16.6. The Balaban J connectivity index is 1.98. The van der Waals surface area contributed by atoms with Crippen molar-refractivity contribution in [3.8, 4) is 6.07 Å². The Labute approximate surface area is 127 Å². The van der Waals surface area contributed by atoms with Crippen molar-refractivity contribution in [2.75, 3.05) is 4.90 Å². The first-order valence-electron chi connectivity index (χ1n) is 7.04. The third-order valence-electron chi connectivity index (χ3n) is 3.66. The highest BCUT2D eigenvalue weighted by Crippen LogP contribution is 2.38. The smallest absolute Gasteiger partial charge is 0.293 e. The molecule has 0 saturated heterocycles. The molecule has 1 aliphatic rings. The van der Waals surface area contributed by atoms with Gasteiger partial charge >= 0.3 is 0 Å². The Morgan fingerprint density at radius 1 is 1.36 bits per heavy atom. The van der Waals surface area contributed by atoms with Crippen molar-refractivity contribution in [1.29, 1.82) is 5.26 Å². The fourth-order valence-electron chi connectivity index (χ4n) is 2.45. The summed E-state index contributed by atoms with van der Waals surface area (Å²) < 4.78 is 0. The minimum absolute atomic E-state index is 0.0260. The number of rotatable bonds is 5. The van der Waals surface area contributed by atoms with Crippen molar-refractivity contribution in [1.82, 2.24) is 4.98 Å². The van der Waals surface area contributed by atoms with Gasteiger partial charge in [0.05, 0.1) is 28.8 Å². The van der Waals surface area contributed by atoms with Gasteiger partial charge in [-0.05, 0) is 37.1 Å². The second-order valence-electron chi connectivity index (χ2n) is 5.25. The number of benzene rings is 1. The third kappa shape index (κ3) is 2.88. The van der Waals surface area contributed by atoms with Crippen LogP contribution in [0.3, 0.4) is 0 Å². The molecular weight excluding hydrogens is 280 g/mol. The summed E-state index contributed by atoms with van der Waals surface area (Å²) >= 11 is 0. The van der Waals surface area contributed by atoms with E-state index in [1.807, 2.05) is 29.2 Å². The fourth-order valence-corrected chi connectivity index (χ4v) is 2.45. The zero-order valence-corrected chi connectivity index (χ0v) is 11.8. The van der Waals surface area contributed by atoms with E-state index in [-0.39, 0.29) is 5.69 Å². The van der Waals surface area contributed by atoms with Crippen LogP contribution in [0.2, 0.25) is 0 Å². The fraction of sp³-hybridized carbons (Fsp3) is 0.250. The molecule has 0 amide bonds. The van der Waals surface area contributed by atoms with E-state index < -0.39 is 4.92 Å². The van der Waals surface area contributed by atoms with E-state index in [2.05, 4.69) is 4.98 Å². The van der Waals surface area contributed by atoms with Crippen LogP contribution in [0.5, 0.6) is 0 Å². The van der Waals surface area contributed by atoms with Crippen LogP contribution in [0.1, 0.15) is 24.1 Å². The molecule has 1 aliphatic carbocycles. The van der Waals surface area contributed by atoms with Gasteiger partial charge < -0.3 is 4.90 Å². The summed E-state index contributed by atoms with van der Waals surface area (Å²) in [5, 5.41) is 20.3. The summed E-state index contributed by atoms with van der Waals surface area (Å²) in [4.78, 5) is 17.2. The lowest BCUT2D eigenvalue weighted by molar-refractivity contribution is -0.384. The molecule has 0 aliphatic heterocycles. The molecule has 0 N–H and O–H groups in total. The lowest BCUT2D eigenvalue weighted by Crippen LogP contribution is -2.26. The van der Waals surface area contributed by atoms with E-state index in [1.54, 1.807) is 18.3 Å². The average Bonchev–Trinajstić information content (AvgIpc) is 3.38. The number of pyridine rings is 1. The molecule has 1 fully saturated rings. The third-order valence-corrected chi connectivity index (χ3v) is 3.66. The quantitative estimate of drug-likeness (QED) is 0.625. The van der Waals surface area contributed by atoms with Gasteiger partial charge in [-0.1, -0.05) is 6.07 Å². The van der Waals surface area contributed by atoms with Crippen LogP contribution in [0.4, 0.5) is 11.4 Å². The minimum Gasteiger partial charge on any atom is -0.357 e. The predicted molar refractivity (Wildman–Crippen MR) is 81.3 cm³/mol. The highest BCUT2D eigenvalue weighted by molar-refractivity contribution is 5.66. The number of anilines is 1. The lowest BCUT2D eigenvalue weighted by atomic mass is 10.1. The van der Waals surface area contributed by atoms with Crippen LogP contribution < -0.4 is 4.90 Å². The van der Waals surface area contributed by atoms with Gasteiger partial charge in [-0.2, -0.15) is 5.26 Å². The molecule has 0 bridgehead atoms. The van der Waals surface area contributed by atoms with Crippen LogP contribution in [0.15, 0.2) is 42.6 Å². The van der Waals surface area contributed by atoms with Crippen molar-refractivity contribution < 1.29 is 4.92 Å². The molecule has 1 heterocycles. The summed E-state index contributed by atoms with van der Waals surface area (Å²) in [5.74, 6) is 0. The minimum atomic E-state index is -0.427. The van der Waals surface area contributed by atoms with Gasteiger partial charge in [0.1, 0.15) is 5.69 Å². The molecule has 22 heavy (non-hydrogen) atoms. The maximum absolute atomic E-state index is 11.3. The van der Waals surface area contributed by atoms with Crippen molar-refractivity contribution in [3.63, 3.8) is 0 Å². The van der Waals surface area contributed by atoms with Gasteiger partial charge in [0.2, 0.25) is 0 Å². The van der Waals surface area contributed by atoms with Gasteiger partial charge in [-0.25, -0.2) is 0 Å². The summed E-state index contributed by atoms with van der Waals surface area (Å²) in [5.41, 5.74) is 1.69. The number of nitro benzene ring substituents is 1. The molecule has 1 aromatic heterocycles. The van der Waals surface area contributed by atoms with Crippen molar-refractivity contribution >= 4 is 11.4 Å². The highest BCUT2D eigenvalue weighted by Gasteiger charge is 2.33. The summed E-state index contributed by atoms with van der Waals surface area (Å²) in [7, 11) is 0. The molecule has 0 spiro atoms. The standard InChI is InChI=1S/C16H14N4O2/c17-10-12-4-7-15(16(9-12)20(21)22)19(14-5-6-14)11-13-3-1-2-8-18-13/h1-4,7-9,14H,5-6,11H2. The Bertz CT molecular complexity index is 736. The Morgan fingerprint density at radius 3 is 2.77 bits per heavy atom. The number of hydrogen-bond acceptors (Lipinski definition) is 5. The second-order valence-corrected chi connectivity index (χ2v) is 5.25. The molecule has 6 heteroatoms. The van der Waals surface area contributed by atoms with E-state index in [0.717, 1.165) is 18.5 Å². The van der Waals surface area contributed by atoms with Crippen LogP contribution >= 0.6 is 0 Å². The first kappa shape index (κ1) is 14.0. The number of nitriles is 1. The van der Waals surface area contributed by atoms with Gasteiger partial charge in [0.15, 0.2) is 0 Å². The number of hydrogen-bond donors (Lipinski definition) is 0. The molecule has 2 aromatic rings. The Morgan fingerprint density at radius 2 is 2.18 bits per heavy atom. The molecule has 0 radical (unpaired) electrons. The monoisotopic (exact) mass is 294 g/mol. The number of aromatic nitrogens is 1. The summed E-state index contributed by atoms with van der Waals surface area (Å²) in [6, 6.07) is 12.5. The molecule has 1 saturated carbocycles. The van der Waals surface area contributed by atoms with Gasteiger partial charge in [-0.3, -0.25) is 15.1 Å². The van der Waals surface area contributed by atoms with Crippen molar-refractivity contribution in [2.45, 2.75) is 25.4 Å². The largest absolute Gasteiger partial charge is 0.357 e. The van der Waals surface area contributed by atoms with Crippen LogP contribution in [-0.2, 0) is 6.54 Å². The molecule has 0 atom stereocenters. The average molecular weight is 294 g/mol. The number of nitro groups is 1. The lowest BCUT2D eigenvalue weighted by Gasteiger charge is -2.24. The Kier molecular flexibility index (Phi) is 3.71. The summed E-state index contributed by atoms with van der Waals surface area (Å²) in [6.07, 6.45) is 3.75. The zero-order chi connectivity index (χ0) is 15.5. The van der Waals surface area contributed by atoms with E-state index in [1.165, 1.54) is 6.07 Å². The molecule has 6 nitrogen and oxygen atoms in total. The Hall–Kier alpha value is -2.94. The molecule has 0 unspecified atom stereocenters. The molecule has 3 rings (SSSR count). The van der Waals surface area contributed by atoms with E-state index >= 15 is 0 Å². The maximum Gasteiger partial charge on any atom is 0.293 e. The van der Waals surface area contributed by atoms with Crippen LogP contribution in [0.25, 0.3) is 0 Å². The predicted octanol–water partition coefficient (Wildman–Crippen LogP) is 3.03.